The molecule has 0 aromatic carbocycles. The Hall–Kier alpha value is -3.90. The second kappa shape index (κ2) is 115. The number of unbranched alkanes of at least 4 members (excludes halogenated alkanes) is 24. The van der Waals surface area contributed by atoms with Crippen LogP contribution in [0.1, 0.15) is 273 Å². The van der Waals surface area contributed by atoms with Gasteiger partial charge >= 0.3 is 35.8 Å². The lowest BCUT2D eigenvalue weighted by molar-refractivity contribution is -0.138. The maximum atomic E-state index is 10.0. The highest BCUT2D eigenvalue weighted by molar-refractivity contribution is 5.68. The van der Waals surface area contributed by atoms with Crippen LogP contribution in [0.5, 0.6) is 0 Å². The molecule has 30 nitrogen and oxygen atoms in total. The summed E-state index contributed by atoms with van der Waals surface area (Å²) in [6.07, 6.45) is 29.6. The number of hydrogen-bond acceptors (Lipinski definition) is 24. The minimum absolute atomic E-state index is 0.337. The van der Waals surface area contributed by atoms with Crippen LogP contribution < -0.4 is 0 Å². The third kappa shape index (κ3) is 185. The largest absolute Gasteiger partial charge is 0.481 e. The molecule has 588 valence electrons. The average molecular weight is 1420 g/mol. The molecule has 0 saturated carbocycles. The molecule has 0 spiro atoms. The molecule has 0 atom stereocenters. The van der Waals surface area contributed by atoms with Crippen molar-refractivity contribution in [3.8, 4) is 0 Å². The zero-order valence-electron chi connectivity index (χ0n) is 59.6. The van der Waals surface area contributed by atoms with E-state index in [-0.39, 0.29) is 79.3 Å². The van der Waals surface area contributed by atoms with Crippen LogP contribution in [0.3, 0.4) is 0 Å². The number of carbonyl (C=O) groups is 6. The Labute approximate surface area is 574 Å². The van der Waals surface area contributed by atoms with E-state index in [4.69, 9.17) is 123 Å². The lowest BCUT2D eigenvalue weighted by Gasteiger charge is -1.96. The SMILES string of the molecule is CCCCCCCC(=O)O.CCCCCCCC(=O)O.CCCCCCCC(=O)O.CCCCCCCC(=O)O.CCCCCCCC(=O)O.CCCCCCCC(=O)O.OCC(O)CO.OCC(O)CO.OCC(O)CO.OCC(O)CO.OCC(O)CO.OCC(O)CO. The van der Waals surface area contributed by atoms with Gasteiger partial charge in [0.25, 0.3) is 0 Å². The second-order valence-corrected chi connectivity index (χ2v) is 21.5. The molecule has 0 bridgehead atoms. The van der Waals surface area contributed by atoms with E-state index in [9.17, 15) is 28.8 Å². The van der Waals surface area contributed by atoms with Gasteiger partial charge in [-0.1, -0.05) is 196 Å². The van der Waals surface area contributed by atoms with Crippen molar-refractivity contribution < 1.29 is 151 Å². The van der Waals surface area contributed by atoms with Crippen LogP contribution in [0.4, 0.5) is 0 Å². The zero-order valence-corrected chi connectivity index (χ0v) is 59.6. The van der Waals surface area contributed by atoms with Crippen LogP contribution in [0.15, 0.2) is 0 Å². The fourth-order valence-corrected chi connectivity index (χ4v) is 5.63. The third-order valence-electron chi connectivity index (χ3n) is 11.5. The summed E-state index contributed by atoms with van der Waals surface area (Å²) in [4.78, 5) is 60.2. The highest BCUT2D eigenvalue weighted by Crippen LogP contribution is 2.08. The van der Waals surface area contributed by atoms with Crippen LogP contribution >= 0.6 is 0 Å². The summed E-state index contributed by atoms with van der Waals surface area (Å²) < 4.78 is 0. The molecule has 0 unspecified atom stereocenters. The minimum atomic E-state index is -0.954. The van der Waals surface area contributed by atoms with Gasteiger partial charge in [-0.25, -0.2) is 0 Å². The summed E-state index contributed by atoms with van der Waals surface area (Å²) in [6.45, 7) is 8.52. The van der Waals surface area contributed by atoms with Crippen LogP contribution in [0.2, 0.25) is 0 Å². The molecule has 0 aromatic heterocycles. The number of carboxylic acid groups (broad SMARTS) is 6. The van der Waals surface area contributed by atoms with Crippen molar-refractivity contribution in [1.82, 2.24) is 0 Å². The fourth-order valence-electron chi connectivity index (χ4n) is 5.63. The molecular formula is C66H144O30. The number of aliphatic hydroxyl groups excluding tert-OH is 18. The monoisotopic (exact) mass is 1420 g/mol. The van der Waals surface area contributed by atoms with Gasteiger partial charge in [-0.15, -0.1) is 0 Å². The van der Waals surface area contributed by atoms with Gasteiger partial charge in [-0.2, -0.15) is 0 Å². The number of aliphatic hydroxyl groups is 18. The standard InChI is InChI=1S/6C8H16O2.6C3H8O3/c6*1-2-3-4-5-6-7-8(9)10;6*4-1-3(6)2-5/h6*2-7H2,1H3,(H,9,10);6*3-6H,1-2H2. The Morgan fingerprint density at radius 2 is 0.260 bits per heavy atom. The van der Waals surface area contributed by atoms with Gasteiger partial charge in [-0.3, -0.25) is 28.8 Å². The van der Waals surface area contributed by atoms with Crippen LogP contribution in [0.25, 0.3) is 0 Å². The molecule has 0 rings (SSSR count). The molecule has 30 heteroatoms. The Morgan fingerprint density at radius 1 is 0.177 bits per heavy atom. The van der Waals surface area contributed by atoms with Crippen molar-refractivity contribution in [1.29, 1.82) is 0 Å². The normalized spacial score (nSPS) is 9.81. The smallest absolute Gasteiger partial charge is 0.303 e. The van der Waals surface area contributed by atoms with Crippen molar-refractivity contribution in [3.05, 3.63) is 0 Å². The first kappa shape index (κ1) is 119. The van der Waals surface area contributed by atoms with Crippen LogP contribution in [-0.2, 0) is 28.8 Å². The molecule has 0 aliphatic heterocycles. The Balaban J connectivity index is -0.0000000807. The molecule has 0 aromatic rings. The molecule has 0 saturated heterocycles. The minimum Gasteiger partial charge on any atom is -0.481 e. The van der Waals surface area contributed by atoms with Crippen molar-refractivity contribution in [2.24, 2.45) is 0 Å². The molecule has 0 amide bonds. The first-order valence-corrected chi connectivity index (χ1v) is 34.2. The van der Waals surface area contributed by atoms with E-state index in [1.165, 1.54) is 116 Å². The lowest BCUT2D eigenvalue weighted by Crippen LogP contribution is -2.15. The summed E-state index contributed by atoms with van der Waals surface area (Å²) in [6, 6.07) is 0. The van der Waals surface area contributed by atoms with Gasteiger partial charge in [0.05, 0.1) is 79.3 Å². The van der Waals surface area contributed by atoms with Gasteiger partial charge in [0.15, 0.2) is 0 Å². The third-order valence-corrected chi connectivity index (χ3v) is 11.5. The maximum Gasteiger partial charge on any atom is 0.303 e. The predicted molar refractivity (Wildman–Crippen MR) is 367 cm³/mol. The molecule has 0 aliphatic rings. The molecule has 24 N–H and O–H groups in total. The molecule has 0 fully saturated rings. The second-order valence-electron chi connectivity index (χ2n) is 21.5. The van der Waals surface area contributed by atoms with Crippen LogP contribution in [0, 0.1) is 0 Å². The van der Waals surface area contributed by atoms with Crippen molar-refractivity contribution in [2.75, 3.05) is 79.3 Å². The van der Waals surface area contributed by atoms with E-state index in [0.717, 1.165) is 77.0 Å². The summed E-state index contributed by atoms with van der Waals surface area (Å²) in [5, 5.41) is 194. The Bertz CT molecular complexity index is 1140. The molecule has 0 radical (unpaired) electrons. The van der Waals surface area contributed by atoms with E-state index in [2.05, 4.69) is 41.5 Å². The quantitative estimate of drug-likeness (QED) is 0.0371. The summed E-state index contributed by atoms with van der Waals surface area (Å²) in [5.74, 6) is -4.02. The summed E-state index contributed by atoms with van der Waals surface area (Å²) in [5.41, 5.74) is 0. The van der Waals surface area contributed by atoms with Crippen molar-refractivity contribution in [3.63, 3.8) is 0 Å². The average Bonchev–Trinajstić information content (AvgIpc) is 3.58. The molecular weight excluding hydrogens is 1270 g/mol. The topological polar surface area (TPSA) is 588 Å². The van der Waals surface area contributed by atoms with E-state index >= 15 is 0 Å². The highest BCUT2D eigenvalue weighted by Gasteiger charge is 2.01. The van der Waals surface area contributed by atoms with Crippen molar-refractivity contribution in [2.45, 2.75) is 309 Å². The van der Waals surface area contributed by atoms with E-state index in [0.29, 0.717) is 38.5 Å². The van der Waals surface area contributed by atoms with Gasteiger partial charge in [0.1, 0.15) is 36.6 Å². The van der Waals surface area contributed by atoms with Gasteiger partial charge < -0.3 is 123 Å². The number of rotatable bonds is 48. The Morgan fingerprint density at radius 3 is 0.312 bits per heavy atom. The van der Waals surface area contributed by atoms with Crippen LogP contribution in [-0.4, -0.2) is 274 Å². The first-order chi connectivity index (χ1) is 45.5. The van der Waals surface area contributed by atoms with E-state index in [1.807, 2.05) is 0 Å². The first-order valence-electron chi connectivity index (χ1n) is 34.2. The fraction of sp³-hybridized carbons (Fsp3) is 0.909. The Kier molecular flexibility index (Phi) is 143. The van der Waals surface area contributed by atoms with E-state index in [1.54, 1.807) is 0 Å². The highest BCUT2D eigenvalue weighted by atomic mass is 16.4. The van der Waals surface area contributed by atoms with Gasteiger partial charge in [0, 0.05) is 38.5 Å². The molecule has 0 heterocycles. The molecule has 96 heavy (non-hydrogen) atoms. The lowest BCUT2D eigenvalue weighted by atomic mass is 10.1. The molecule has 0 aliphatic carbocycles. The van der Waals surface area contributed by atoms with E-state index < -0.39 is 72.4 Å². The summed E-state index contributed by atoms with van der Waals surface area (Å²) >= 11 is 0. The summed E-state index contributed by atoms with van der Waals surface area (Å²) in [7, 11) is 0. The number of carboxylic acids is 6. The zero-order chi connectivity index (χ0) is 76.9. The maximum absolute atomic E-state index is 10.0. The van der Waals surface area contributed by atoms with Crippen molar-refractivity contribution >= 4 is 35.8 Å². The van der Waals surface area contributed by atoms with Gasteiger partial charge in [0.2, 0.25) is 0 Å². The predicted octanol–water partition coefficient (Wildman–Crippen LogP) is 4.58. The van der Waals surface area contributed by atoms with Gasteiger partial charge in [-0.05, 0) is 38.5 Å². The number of hydrogen-bond donors (Lipinski definition) is 24. The number of aliphatic carboxylic acids is 6.